The summed E-state index contributed by atoms with van der Waals surface area (Å²) in [6.45, 7) is 5.74. The summed E-state index contributed by atoms with van der Waals surface area (Å²) in [6, 6.07) is 0.972. The molecule has 6 nitrogen and oxygen atoms in total. The number of aryl methyl sites for hydroxylation is 4. The molecular formula is C15H20F3N5O. The van der Waals surface area contributed by atoms with E-state index in [-0.39, 0.29) is 18.9 Å². The Morgan fingerprint density at radius 1 is 1.25 bits per heavy atom. The van der Waals surface area contributed by atoms with Crippen LogP contribution in [0.15, 0.2) is 6.07 Å². The van der Waals surface area contributed by atoms with Crippen molar-refractivity contribution in [1.29, 1.82) is 0 Å². The molecule has 1 N–H and O–H groups in total. The first-order chi connectivity index (χ1) is 11.1. The third kappa shape index (κ3) is 3.95. The number of carbonyl (C=O) groups excluding carboxylic acids is 1. The van der Waals surface area contributed by atoms with E-state index in [0.29, 0.717) is 12.2 Å². The summed E-state index contributed by atoms with van der Waals surface area (Å²) in [5.41, 5.74) is 2.18. The number of amides is 1. The molecule has 0 aromatic carbocycles. The summed E-state index contributed by atoms with van der Waals surface area (Å²) in [5.74, 6) is -0.249. The lowest BCUT2D eigenvalue weighted by Crippen LogP contribution is -2.25. The van der Waals surface area contributed by atoms with E-state index in [0.717, 1.165) is 23.0 Å². The topological polar surface area (TPSA) is 64.7 Å². The molecule has 2 heterocycles. The Morgan fingerprint density at radius 2 is 1.92 bits per heavy atom. The first kappa shape index (κ1) is 18.0. The Bertz CT molecular complexity index is 745. The van der Waals surface area contributed by atoms with Gasteiger partial charge < -0.3 is 5.32 Å². The number of halogens is 3. The Balaban J connectivity index is 1.91. The Kier molecular flexibility index (Phi) is 5.00. The van der Waals surface area contributed by atoms with Gasteiger partial charge in [0, 0.05) is 43.5 Å². The summed E-state index contributed by atoms with van der Waals surface area (Å²) in [6.07, 6.45) is -4.42. The average Bonchev–Trinajstić information content (AvgIpc) is 2.96. The summed E-state index contributed by atoms with van der Waals surface area (Å²) in [7, 11) is 1.83. The first-order valence-electron chi connectivity index (χ1n) is 7.47. The number of carbonyl (C=O) groups is 1. The lowest BCUT2D eigenvalue weighted by molar-refractivity contribution is -0.141. The summed E-state index contributed by atoms with van der Waals surface area (Å²) < 4.78 is 40.7. The van der Waals surface area contributed by atoms with Crippen molar-refractivity contribution in [2.24, 2.45) is 7.05 Å². The van der Waals surface area contributed by atoms with Gasteiger partial charge in [-0.05, 0) is 26.8 Å². The lowest BCUT2D eigenvalue weighted by Gasteiger charge is -2.07. The number of nitrogens with one attached hydrogen (secondary N) is 1. The molecule has 0 spiro atoms. The van der Waals surface area contributed by atoms with Gasteiger partial charge in [-0.15, -0.1) is 0 Å². The number of alkyl halides is 3. The smallest absolute Gasteiger partial charge is 0.352 e. The molecule has 2 aromatic heterocycles. The summed E-state index contributed by atoms with van der Waals surface area (Å²) in [4.78, 5) is 11.9. The lowest BCUT2D eigenvalue weighted by atomic mass is 10.2. The highest BCUT2D eigenvalue weighted by Crippen LogP contribution is 2.28. The van der Waals surface area contributed by atoms with E-state index >= 15 is 0 Å². The minimum Gasteiger partial charge on any atom is -0.352 e. The van der Waals surface area contributed by atoms with Crippen molar-refractivity contribution in [3.05, 3.63) is 34.4 Å². The van der Waals surface area contributed by atoms with Gasteiger partial charge in [0.25, 0.3) is 0 Å². The third-order valence-electron chi connectivity index (χ3n) is 3.94. The fourth-order valence-corrected chi connectivity index (χ4v) is 2.43. The van der Waals surface area contributed by atoms with Crippen LogP contribution in [0, 0.1) is 20.8 Å². The quantitative estimate of drug-likeness (QED) is 0.906. The van der Waals surface area contributed by atoms with Gasteiger partial charge in [-0.25, -0.2) is 0 Å². The van der Waals surface area contributed by atoms with Crippen LogP contribution in [0.4, 0.5) is 13.2 Å². The molecule has 0 unspecified atom stereocenters. The zero-order chi connectivity index (χ0) is 18.1. The largest absolute Gasteiger partial charge is 0.435 e. The standard InChI is InChI=1S/C15H20F3N5O/c1-9-7-13(15(16,17)18)21-23(9)6-5-14(24)19-8-12-10(2)20-22(4)11(12)3/h7H,5-6,8H2,1-4H3,(H,19,24). The summed E-state index contributed by atoms with van der Waals surface area (Å²) >= 11 is 0. The number of rotatable bonds is 5. The van der Waals surface area contributed by atoms with Crippen molar-refractivity contribution < 1.29 is 18.0 Å². The molecule has 0 aliphatic rings. The van der Waals surface area contributed by atoms with Crippen LogP contribution in [-0.4, -0.2) is 25.5 Å². The van der Waals surface area contributed by atoms with Crippen molar-refractivity contribution >= 4 is 5.91 Å². The van der Waals surface area contributed by atoms with E-state index in [1.54, 1.807) is 4.68 Å². The van der Waals surface area contributed by atoms with Crippen molar-refractivity contribution in [2.75, 3.05) is 0 Å². The highest BCUT2D eigenvalue weighted by Gasteiger charge is 2.34. The molecule has 1 amide bonds. The van der Waals surface area contributed by atoms with Crippen LogP contribution in [0.1, 0.15) is 34.8 Å². The Labute approximate surface area is 137 Å². The maximum Gasteiger partial charge on any atom is 0.435 e. The van der Waals surface area contributed by atoms with Gasteiger partial charge in [0.15, 0.2) is 5.69 Å². The van der Waals surface area contributed by atoms with Crippen LogP contribution in [0.2, 0.25) is 0 Å². The molecule has 24 heavy (non-hydrogen) atoms. The van der Waals surface area contributed by atoms with Crippen LogP contribution < -0.4 is 5.32 Å². The fourth-order valence-electron chi connectivity index (χ4n) is 2.43. The monoisotopic (exact) mass is 343 g/mol. The average molecular weight is 343 g/mol. The number of nitrogens with zero attached hydrogens (tertiary/aromatic N) is 4. The van der Waals surface area contributed by atoms with E-state index in [4.69, 9.17) is 0 Å². The number of hydrogen-bond acceptors (Lipinski definition) is 3. The molecule has 0 aliphatic heterocycles. The molecule has 0 atom stereocenters. The van der Waals surface area contributed by atoms with Gasteiger partial charge >= 0.3 is 6.18 Å². The van der Waals surface area contributed by atoms with Crippen LogP contribution in [0.5, 0.6) is 0 Å². The molecule has 0 radical (unpaired) electrons. The minimum atomic E-state index is -4.48. The van der Waals surface area contributed by atoms with E-state index in [1.807, 2.05) is 20.9 Å². The van der Waals surface area contributed by atoms with Crippen LogP contribution in [0.3, 0.4) is 0 Å². The summed E-state index contributed by atoms with van der Waals surface area (Å²) in [5, 5.41) is 10.5. The second-order valence-corrected chi connectivity index (χ2v) is 5.69. The third-order valence-corrected chi connectivity index (χ3v) is 3.94. The van der Waals surface area contributed by atoms with Gasteiger partial charge in [0.2, 0.25) is 5.91 Å². The van der Waals surface area contributed by atoms with E-state index < -0.39 is 11.9 Å². The molecule has 0 aliphatic carbocycles. The number of hydrogen-bond donors (Lipinski definition) is 1. The minimum absolute atomic E-state index is 0.0537. The van der Waals surface area contributed by atoms with Crippen molar-refractivity contribution in [2.45, 2.75) is 46.5 Å². The Hall–Kier alpha value is -2.32. The van der Waals surface area contributed by atoms with Crippen LogP contribution in [0.25, 0.3) is 0 Å². The predicted molar refractivity (Wildman–Crippen MR) is 81.1 cm³/mol. The molecule has 0 fully saturated rings. The second-order valence-electron chi connectivity index (χ2n) is 5.69. The Morgan fingerprint density at radius 3 is 2.42 bits per heavy atom. The molecule has 0 saturated heterocycles. The molecule has 2 rings (SSSR count). The van der Waals surface area contributed by atoms with Gasteiger partial charge in [0.05, 0.1) is 5.69 Å². The predicted octanol–water partition coefficient (Wildman–Crippen LogP) is 2.27. The van der Waals surface area contributed by atoms with E-state index in [9.17, 15) is 18.0 Å². The van der Waals surface area contributed by atoms with Gasteiger partial charge in [0.1, 0.15) is 0 Å². The fraction of sp³-hybridized carbons (Fsp3) is 0.533. The van der Waals surface area contributed by atoms with E-state index in [1.165, 1.54) is 11.6 Å². The molecule has 0 bridgehead atoms. The maximum atomic E-state index is 12.6. The molecule has 9 heteroatoms. The second kappa shape index (κ2) is 6.66. The van der Waals surface area contributed by atoms with E-state index in [2.05, 4.69) is 15.5 Å². The van der Waals surface area contributed by atoms with Gasteiger partial charge in [-0.1, -0.05) is 0 Å². The van der Waals surface area contributed by atoms with Gasteiger partial charge in [-0.2, -0.15) is 23.4 Å². The number of aromatic nitrogens is 4. The SMILES string of the molecule is Cc1nn(C)c(C)c1CNC(=O)CCn1nc(C(F)(F)F)cc1C. The highest BCUT2D eigenvalue weighted by molar-refractivity contribution is 5.75. The first-order valence-corrected chi connectivity index (χ1v) is 7.47. The molecule has 0 saturated carbocycles. The zero-order valence-corrected chi connectivity index (χ0v) is 14.0. The van der Waals surface area contributed by atoms with Crippen molar-refractivity contribution in [3.63, 3.8) is 0 Å². The molecular weight excluding hydrogens is 323 g/mol. The molecule has 2 aromatic rings. The zero-order valence-electron chi connectivity index (χ0n) is 14.0. The van der Waals surface area contributed by atoms with Crippen LogP contribution >= 0.6 is 0 Å². The van der Waals surface area contributed by atoms with Crippen LogP contribution in [-0.2, 0) is 31.1 Å². The van der Waals surface area contributed by atoms with Crippen molar-refractivity contribution in [1.82, 2.24) is 24.9 Å². The van der Waals surface area contributed by atoms with Gasteiger partial charge in [-0.3, -0.25) is 14.2 Å². The molecule has 132 valence electrons. The van der Waals surface area contributed by atoms with Crippen molar-refractivity contribution in [3.8, 4) is 0 Å². The normalized spacial score (nSPS) is 11.8. The maximum absolute atomic E-state index is 12.6. The highest BCUT2D eigenvalue weighted by atomic mass is 19.4.